The average Bonchev–Trinajstić information content (AvgIpc) is 1.96. The van der Waals surface area contributed by atoms with Crippen LogP contribution in [0.1, 0.15) is 40.0 Å². The fourth-order valence-corrected chi connectivity index (χ4v) is 2.37. The number of carboxylic acids is 1. The van der Waals surface area contributed by atoms with Crippen LogP contribution in [0.3, 0.4) is 0 Å². The van der Waals surface area contributed by atoms with Crippen molar-refractivity contribution in [2.45, 2.75) is 40.0 Å². The molecule has 2 unspecified atom stereocenters. The highest BCUT2D eigenvalue weighted by molar-refractivity contribution is 5.67. The molecule has 2 nitrogen and oxygen atoms in total. The van der Waals surface area contributed by atoms with E-state index >= 15 is 0 Å². The van der Waals surface area contributed by atoms with E-state index in [-0.39, 0.29) is 5.41 Å². The second-order valence-electron chi connectivity index (χ2n) is 4.46. The summed E-state index contributed by atoms with van der Waals surface area (Å²) in [6.45, 7) is 6.57. The highest BCUT2D eigenvalue weighted by atomic mass is 16.4. The van der Waals surface area contributed by atoms with Gasteiger partial charge in [-0.2, -0.15) is 0 Å². The predicted molar refractivity (Wildman–Crippen MR) is 47.9 cm³/mol. The number of rotatable bonds is 3. The molecule has 2 atom stereocenters. The molecule has 70 valence electrons. The maximum Gasteiger partial charge on any atom is 0.303 e. The minimum Gasteiger partial charge on any atom is -0.481 e. The van der Waals surface area contributed by atoms with Crippen LogP contribution >= 0.6 is 0 Å². The number of hydrogen-bond acceptors (Lipinski definition) is 1. The zero-order valence-electron chi connectivity index (χ0n) is 8.13. The number of hydrogen-bond donors (Lipinski definition) is 1. The molecule has 0 heterocycles. The molecule has 0 aliphatic heterocycles. The van der Waals surface area contributed by atoms with Crippen LogP contribution in [0.2, 0.25) is 0 Å². The Kier molecular flexibility index (Phi) is 2.45. The van der Waals surface area contributed by atoms with E-state index in [2.05, 4.69) is 20.8 Å². The van der Waals surface area contributed by atoms with Gasteiger partial charge in [0.25, 0.3) is 0 Å². The summed E-state index contributed by atoms with van der Waals surface area (Å²) in [7, 11) is 0. The fourth-order valence-electron chi connectivity index (χ4n) is 2.37. The van der Waals surface area contributed by atoms with E-state index in [0.29, 0.717) is 12.3 Å². The van der Waals surface area contributed by atoms with Gasteiger partial charge >= 0.3 is 5.97 Å². The van der Waals surface area contributed by atoms with E-state index in [9.17, 15) is 4.79 Å². The van der Waals surface area contributed by atoms with Crippen molar-refractivity contribution in [2.24, 2.45) is 17.3 Å². The van der Waals surface area contributed by atoms with Gasteiger partial charge < -0.3 is 5.11 Å². The van der Waals surface area contributed by atoms with Gasteiger partial charge in [-0.05, 0) is 23.7 Å². The van der Waals surface area contributed by atoms with Gasteiger partial charge in [-0.15, -0.1) is 0 Å². The van der Waals surface area contributed by atoms with Gasteiger partial charge in [0.15, 0.2) is 0 Å². The van der Waals surface area contributed by atoms with Crippen molar-refractivity contribution in [3.8, 4) is 0 Å². The number of carbonyl (C=O) groups is 1. The summed E-state index contributed by atoms with van der Waals surface area (Å²) >= 11 is 0. The summed E-state index contributed by atoms with van der Waals surface area (Å²) in [4.78, 5) is 10.5. The first-order chi connectivity index (χ1) is 5.48. The Morgan fingerprint density at radius 1 is 1.50 bits per heavy atom. The summed E-state index contributed by atoms with van der Waals surface area (Å²) in [5.74, 6) is 0.490. The molecule has 1 fully saturated rings. The van der Waals surface area contributed by atoms with Crippen LogP contribution in [0.25, 0.3) is 0 Å². The first kappa shape index (κ1) is 9.56. The van der Waals surface area contributed by atoms with Crippen LogP contribution in [0.15, 0.2) is 0 Å². The van der Waals surface area contributed by atoms with Crippen LogP contribution in [-0.4, -0.2) is 11.1 Å². The van der Waals surface area contributed by atoms with Gasteiger partial charge in [-0.25, -0.2) is 0 Å². The first-order valence-electron chi connectivity index (χ1n) is 4.70. The standard InChI is InChI=1S/C10H18O2/c1-4-7-5-8(6-9(11)12)10(7,2)3/h7-8H,4-6H2,1-3H3,(H,11,12). The van der Waals surface area contributed by atoms with Crippen molar-refractivity contribution in [3.63, 3.8) is 0 Å². The van der Waals surface area contributed by atoms with E-state index in [1.807, 2.05) is 0 Å². The van der Waals surface area contributed by atoms with Gasteiger partial charge in [-0.1, -0.05) is 27.2 Å². The second kappa shape index (κ2) is 3.08. The van der Waals surface area contributed by atoms with Crippen LogP contribution in [0, 0.1) is 17.3 Å². The summed E-state index contributed by atoms with van der Waals surface area (Å²) in [6.07, 6.45) is 2.64. The maximum atomic E-state index is 10.5. The monoisotopic (exact) mass is 170 g/mol. The van der Waals surface area contributed by atoms with Gasteiger partial charge in [0.1, 0.15) is 0 Å². The Balaban J connectivity index is 2.47. The summed E-state index contributed by atoms with van der Waals surface area (Å²) in [5, 5.41) is 8.64. The SMILES string of the molecule is CCC1CC(CC(=O)O)C1(C)C. The molecule has 12 heavy (non-hydrogen) atoms. The zero-order valence-corrected chi connectivity index (χ0v) is 8.13. The molecular weight excluding hydrogens is 152 g/mol. The maximum absolute atomic E-state index is 10.5. The lowest BCUT2D eigenvalue weighted by atomic mass is 9.53. The van der Waals surface area contributed by atoms with Gasteiger partial charge in [-0.3, -0.25) is 4.79 Å². The van der Waals surface area contributed by atoms with Gasteiger partial charge in [0, 0.05) is 6.42 Å². The van der Waals surface area contributed by atoms with Crippen LogP contribution in [0.4, 0.5) is 0 Å². The van der Waals surface area contributed by atoms with Crippen molar-refractivity contribution in [3.05, 3.63) is 0 Å². The largest absolute Gasteiger partial charge is 0.481 e. The third-order valence-corrected chi connectivity index (χ3v) is 3.59. The highest BCUT2D eigenvalue weighted by Crippen LogP contribution is 2.54. The summed E-state index contributed by atoms with van der Waals surface area (Å²) in [5.41, 5.74) is 0.257. The van der Waals surface area contributed by atoms with Crippen molar-refractivity contribution >= 4 is 5.97 Å². The molecule has 0 amide bonds. The smallest absolute Gasteiger partial charge is 0.303 e. The fraction of sp³-hybridized carbons (Fsp3) is 0.900. The molecule has 1 rings (SSSR count). The summed E-state index contributed by atoms with van der Waals surface area (Å²) in [6, 6.07) is 0. The van der Waals surface area contributed by atoms with E-state index in [4.69, 9.17) is 5.11 Å². The number of carboxylic acid groups (broad SMARTS) is 1. The lowest BCUT2D eigenvalue weighted by Crippen LogP contribution is -2.45. The molecule has 1 aliphatic carbocycles. The molecule has 1 N–H and O–H groups in total. The third-order valence-electron chi connectivity index (χ3n) is 3.59. The molecule has 0 bridgehead atoms. The minimum atomic E-state index is -0.650. The lowest BCUT2D eigenvalue weighted by Gasteiger charge is -2.52. The van der Waals surface area contributed by atoms with Gasteiger partial charge in [0.05, 0.1) is 0 Å². The molecule has 0 spiro atoms. The normalized spacial score (nSPS) is 32.6. The van der Waals surface area contributed by atoms with E-state index < -0.39 is 5.97 Å². The predicted octanol–water partition coefficient (Wildman–Crippen LogP) is 2.53. The van der Waals surface area contributed by atoms with Crippen LogP contribution in [0.5, 0.6) is 0 Å². The van der Waals surface area contributed by atoms with Gasteiger partial charge in [0.2, 0.25) is 0 Å². The lowest BCUT2D eigenvalue weighted by molar-refractivity contribution is -0.143. The van der Waals surface area contributed by atoms with E-state index in [1.165, 1.54) is 6.42 Å². The van der Waals surface area contributed by atoms with Crippen molar-refractivity contribution in [1.82, 2.24) is 0 Å². The quantitative estimate of drug-likeness (QED) is 0.706. The topological polar surface area (TPSA) is 37.3 Å². The molecule has 0 radical (unpaired) electrons. The Bertz CT molecular complexity index is 184. The third kappa shape index (κ3) is 1.47. The zero-order chi connectivity index (χ0) is 9.35. The molecule has 1 aliphatic rings. The molecule has 0 aromatic heterocycles. The molecule has 1 saturated carbocycles. The summed E-state index contributed by atoms with van der Waals surface area (Å²) < 4.78 is 0. The Labute approximate surface area is 74.0 Å². The van der Waals surface area contributed by atoms with Crippen LogP contribution in [-0.2, 0) is 4.79 Å². The van der Waals surface area contributed by atoms with Crippen molar-refractivity contribution < 1.29 is 9.90 Å². The molecule has 0 aromatic carbocycles. The Hall–Kier alpha value is -0.530. The Morgan fingerprint density at radius 3 is 2.42 bits per heavy atom. The van der Waals surface area contributed by atoms with Crippen molar-refractivity contribution in [2.75, 3.05) is 0 Å². The number of aliphatic carboxylic acids is 1. The highest BCUT2D eigenvalue weighted by Gasteiger charge is 2.47. The van der Waals surface area contributed by atoms with Crippen molar-refractivity contribution in [1.29, 1.82) is 0 Å². The molecule has 0 saturated heterocycles. The van der Waals surface area contributed by atoms with E-state index in [0.717, 1.165) is 12.3 Å². The van der Waals surface area contributed by atoms with E-state index in [1.54, 1.807) is 0 Å². The minimum absolute atomic E-state index is 0.257. The second-order valence-corrected chi connectivity index (χ2v) is 4.46. The van der Waals surface area contributed by atoms with Crippen LogP contribution < -0.4 is 0 Å². The first-order valence-corrected chi connectivity index (χ1v) is 4.70. The molecular formula is C10H18O2. The molecule has 2 heteroatoms. The average molecular weight is 170 g/mol. The molecule has 0 aromatic rings. The Morgan fingerprint density at radius 2 is 2.08 bits per heavy atom.